The first kappa shape index (κ1) is 10.5. The van der Waals surface area contributed by atoms with Crippen molar-refractivity contribution in [2.45, 2.75) is 46.0 Å². The van der Waals surface area contributed by atoms with Crippen LogP contribution in [0.15, 0.2) is 5.16 Å². The molecule has 11 heavy (non-hydrogen) atoms. The first-order valence-electron chi connectivity index (χ1n) is 4.52. The number of rotatable bonds is 6. The van der Waals surface area contributed by atoms with Crippen LogP contribution in [0.1, 0.15) is 46.0 Å². The number of oxime groups is 1. The number of unbranched alkanes of at least 4 members (excludes halogenated alkanes) is 2. The van der Waals surface area contributed by atoms with Crippen molar-refractivity contribution in [3.63, 3.8) is 0 Å². The van der Waals surface area contributed by atoms with Gasteiger partial charge in [0.25, 0.3) is 0 Å². The first-order chi connectivity index (χ1) is 5.35. The monoisotopic (exact) mass is 157 g/mol. The molecule has 1 N–H and O–H groups in total. The third kappa shape index (κ3) is 5.89. The Balaban J connectivity index is 3.36. The molecule has 1 atom stereocenters. The van der Waals surface area contributed by atoms with Crippen molar-refractivity contribution in [2.75, 3.05) is 0 Å². The highest BCUT2D eigenvalue weighted by Crippen LogP contribution is 2.10. The Morgan fingerprint density at radius 2 is 2.09 bits per heavy atom. The summed E-state index contributed by atoms with van der Waals surface area (Å²) >= 11 is 0. The van der Waals surface area contributed by atoms with Crippen LogP contribution in [-0.4, -0.2) is 11.4 Å². The minimum Gasteiger partial charge on any atom is -0.411 e. The highest BCUT2D eigenvalue weighted by Gasteiger charge is 2.01. The number of hydrogen-bond donors (Lipinski definition) is 1. The van der Waals surface area contributed by atoms with Gasteiger partial charge >= 0.3 is 0 Å². The quantitative estimate of drug-likeness (QED) is 0.273. The summed E-state index contributed by atoms with van der Waals surface area (Å²) < 4.78 is 0. The maximum atomic E-state index is 8.29. The van der Waals surface area contributed by atoms with E-state index in [0.29, 0.717) is 5.92 Å². The summed E-state index contributed by atoms with van der Waals surface area (Å²) in [6.45, 7) is 4.32. The van der Waals surface area contributed by atoms with Gasteiger partial charge in [-0.3, -0.25) is 0 Å². The van der Waals surface area contributed by atoms with E-state index < -0.39 is 0 Å². The van der Waals surface area contributed by atoms with Crippen molar-refractivity contribution < 1.29 is 5.21 Å². The van der Waals surface area contributed by atoms with E-state index in [9.17, 15) is 0 Å². The van der Waals surface area contributed by atoms with Crippen molar-refractivity contribution >= 4 is 6.21 Å². The molecule has 0 aromatic rings. The van der Waals surface area contributed by atoms with E-state index in [1.807, 2.05) is 0 Å². The van der Waals surface area contributed by atoms with E-state index in [1.165, 1.54) is 19.3 Å². The van der Waals surface area contributed by atoms with E-state index in [4.69, 9.17) is 5.21 Å². The Labute approximate surface area is 69.3 Å². The van der Waals surface area contributed by atoms with Crippen LogP contribution in [0.2, 0.25) is 0 Å². The van der Waals surface area contributed by atoms with Gasteiger partial charge in [-0.15, -0.1) is 5.16 Å². The minimum atomic E-state index is 0.478. The smallest absolute Gasteiger partial charge is 0.0466 e. The second-order valence-corrected chi connectivity index (χ2v) is 2.93. The lowest BCUT2D eigenvalue weighted by Gasteiger charge is -2.06. The number of hydrogen-bond acceptors (Lipinski definition) is 2. The van der Waals surface area contributed by atoms with Crippen LogP contribution < -0.4 is 0 Å². The van der Waals surface area contributed by atoms with Gasteiger partial charge < -0.3 is 5.21 Å². The molecule has 2 heteroatoms. The van der Waals surface area contributed by atoms with Gasteiger partial charge in [0.2, 0.25) is 0 Å². The van der Waals surface area contributed by atoms with E-state index in [2.05, 4.69) is 19.0 Å². The SMILES string of the molecule is CCCCCC(C=NO)CC. The molecule has 0 aromatic carbocycles. The van der Waals surface area contributed by atoms with Crippen LogP contribution in [0.5, 0.6) is 0 Å². The van der Waals surface area contributed by atoms with Gasteiger partial charge in [-0.25, -0.2) is 0 Å². The standard InChI is InChI=1S/C9H19NO/c1-3-5-6-7-9(4-2)8-10-11/h8-9,11H,3-7H2,1-2H3. The molecule has 2 nitrogen and oxygen atoms in total. The predicted molar refractivity (Wildman–Crippen MR) is 48.2 cm³/mol. The van der Waals surface area contributed by atoms with Crippen molar-refractivity contribution in [3.05, 3.63) is 0 Å². The van der Waals surface area contributed by atoms with Crippen LogP contribution in [0.4, 0.5) is 0 Å². The van der Waals surface area contributed by atoms with Gasteiger partial charge in [-0.05, 0) is 18.8 Å². The highest BCUT2D eigenvalue weighted by molar-refractivity contribution is 5.59. The summed E-state index contributed by atoms with van der Waals surface area (Å²) in [6.07, 6.45) is 7.68. The Morgan fingerprint density at radius 1 is 1.36 bits per heavy atom. The van der Waals surface area contributed by atoms with E-state index in [1.54, 1.807) is 6.21 Å². The van der Waals surface area contributed by atoms with Gasteiger partial charge in [-0.2, -0.15) is 0 Å². The highest BCUT2D eigenvalue weighted by atomic mass is 16.4. The molecule has 0 aliphatic rings. The molecule has 0 bridgehead atoms. The van der Waals surface area contributed by atoms with Gasteiger partial charge in [0.05, 0.1) is 0 Å². The molecule has 0 heterocycles. The van der Waals surface area contributed by atoms with E-state index >= 15 is 0 Å². The molecule has 0 rings (SSSR count). The zero-order valence-corrected chi connectivity index (χ0v) is 7.58. The molecule has 0 radical (unpaired) electrons. The molecule has 1 unspecified atom stereocenters. The van der Waals surface area contributed by atoms with Gasteiger partial charge in [0.15, 0.2) is 0 Å². The van der Waals surface area contributed by atoms with Gasteiger partial charge in [0.1, 0.15) is 0 Å². The van der Waals surface area contributed by atoms with Gasteiger partial charge in [-0.1, -0.05) is 33.1 Å². The van der Waals surface area contributed by atoms with Crippen LogP contribution in [0, 0.1) is 5.92 Å². The fraction of sp³-hybridized carbons (Fsp3) is 0.889. The Kier molecular flexibility index (Phi) is 7.21. The molecule has 0 saturated carbocycles. The average Bonchev–Trinajstić information content (AvgIpc) is 2.03. The summed E-state index contributed by atoms with van der Waals surface area (Å²) in [4.78, 5) is 0. The lowest BCUT2D eigenvalue weighted by Crippen LogP contribution is -1.99. The van der Waals surface area contributed by atoms with Crippen molar-refractivity contribution in [3.8, 4) is 0 Å². The molecule has 0 aliphatic carbocycles. The Bertz CT molecular complexity index is 102. The average molecular weight is 157 g/mol. The van der Waals surface area contributed by atoms with Crippen LogP contribution in [-0.2, 0) is 0 Å². The first-order valence-corrected chi connectivity index (χ1v) is 4.52. The molecular formula is C9H19NO. The third-order valence-corrected chi connectivity index (χ3v) is 1.98. The molecule has 0 fully saturated rings. The molecule has 0 aromatic heterocycles. The zero-order chi connectivity index (χ0) is 8.53. The van der Waals surface area contributed by atoms with Crippen LogP contribution >= 0.6 is 0 Å². The van der Waals surface area contributed by atoms with E-state index in [0.717, 1.165) is 12.8 Å². The molecule has 0 aliphatic heterocycles. The lowest BCUT2D eigenvalue weighted by atomic mass is 10.0. The molecule has 0 spiro atoms. The normalized spacial score (nSPS) is 14.0. The van der Waals surface area contributed by atoms with Crippen molar-refractivity contribution in [1.29, 1.82) is 0 Å². The molecule has 66 valence electrons. The zero-order valence-electron chi connectivity index (χ0n) is 7.58. The predicted octanol–water partition coefficient (Wildman–Crippen LogP) is 3.05. The van der Waals surface area contributed by atoms with E-state index in [-0.39, 0.29) is 0 Å². The number of nitrogens with zero attached hydrogens (tertiary/aromatic N) is 1. The maximum absolute atomic E-state index is 8.29. The summed E-state index contributed by atoms with van der Waals surface area (Å²) in [7, 11) is 0. The second kappa shape index (κ2) is 7.58. The summed E-state index contributed by atoms with van der Waals surface area (Å²) in [6, 6.07) is 0. The lowest BCUT2D eigenvalue weighted by molar-refractivity contribution is 0.317. The fourth-order valence-corrected chi connectivity index (χ4v) is 1.13. The summed E-state index contributed by atoms with van der Waals surface area (Å²) in [5.41, 5.74) is 0. The van der Waals surface area contributed by atoms with Crippen molar-refractivity contribution in [2.24, 2.45) is 11.1 Å². The van der Waals surface area contributed by atoms with Gasteiger partial charge in [0, 0.05) is 6.21 Å². The Hall–Kier alpha value is -0.530. The third-order valence-electron chi connectivity index (χ3n) is 1.98. The Morgan fingerprint density at radius 3 is 2.55 bits per heavy atom. The molecular weight excluding hydrogens is 138 g/mol. The topological polar surface area (TPSA) is 32.6 Å². The maximum Gasteiger partial charge on any atom is 0.0466 e. The largest absolute Gasteiger partial charge is 0.411 e. The molecule has 0 amide bonds. The minimum absolute atomic E-state index is 0.478. The fourth-order valence-electron chi connectivity index (χ4n) is 1.13. The second-order valence-electron chi connectivity index (χ2n) is 2.93. The summed E-state index contributed by atoms with van der Waals surface area (Å²) in [5, 5.41) is 11.4. The van der Waals surface area contributed by atoms with Crippen LogP contribution in [0.25, 0.3) is 0 Å². The molecule has 0 saturated heterocycles. The van der Waals surface area contributed by atoms with Crippen molar-refractivity contribution in [1.82, 2.24) is 0 Å². The van der Waals surface area contributed by atoms with Crippen LogP contribution in [0.3, 0.4) is 0 Å². The summed E-state index contributed by atoms with van der Waals surface area (Å²) in [5.74, 6) is 0.478.